The highest BCUT2D eigenvalue weighted by molar-refractivity contribution is 6.16. The van der Waals surface area contributed by atoms with E-state index in [-0.39, 0.29) is 0 Å². The minimum Gasteiger partial charge on any atom is -0.309 e. The fourth-order valence-electron chi connectivity index (χ4n) is 4.96. The Bertz CT molecular complexity index is 1560. The van der Waals surface area contributed by atoms with Crippen molar-refractivity contribution < 1.29 is 0 Å². The van der Waals surface area contributed by atoms with Crippen LogP contribution >= 0.6 is 0 Å². The summed E-state index contributed by atoms with van der Waals surface area (Å²) in [6.45, 7) is 2.24. The molecule has 1 heterocycles. The molecule has 5 aromatic carbocycles. The monoisotopic (exact) mass is 409 g/mol. The van der Waals surface area contributed by atoms with Crippen molar-refractivity contribution in [1.29, 1.82) is 0 Å². The summed E-state index contributed by atoms with van der Waals surface area (Å²) in [5.74, 6) is 0. The molecule has 0 radical (unpaired) electrons. The summed E-state index contributed by atoms with van der Waals surface area (Å²) in [4.78, 5) is 0. The zero-order chi connectivity index (χ0) is 21.5. The Balaban J connectivity index is 1.69. The summed E-state index contributed by atoms with van der Waals surface area (Å²) >= 11 is 0. The highest BCUT2D eigenvalue weighted by Crippen LogP contribution is 2.40. The smallest absolute Gasteiger partial charge is 0.0547 e. The number of fused-ring (bicyclic) bond motifs is 3. The molecule has 0 aliphatic carbocycles. The van der Waals surface area contributed by atoms with Crippen LogP contribution in [0.2, 0.25) is 0 Å². The lowest BCUT2D eigenvalue weighted by atomic mass is 9.91. The normalized spacial score (nSPS) is 11.3. The zero-order valence-corrected chi connectivity index (χ0v) is 18.0. The first-order valence-electron chi connectivity index (χ1n) is 11.1. The molecular formula is C31H23N. The predicted octanol–water partition coefficient (Wildman–Crippen LogP) is 8.43. The van der Waals surface area contributed by atoms with E-state index in [9.17, 15) is 0 Å². The zero-order valence-electron chi connectivity index (χ0n) is 18.0. The van der Waals surface area contributed by atoms with Gasteiger partial charge >= 0.3 is 0 Å². The Hall–Kier alpha value is -4.10. The van der Waals surface area contributed by atoms with Crippen molar-refractivity contribution >= 4 is 21.8 Å². The standard InChI is InChI=1S/C31H23N/c1-22-25(23-12-4-2-5-13-23)17-10-18-26(22)27-19-11-21-30-31(27)28-16-8-9-20-29(28)32(30)24-14-6-3-7-15-24/h2-21H,1H3. The average Bonchev–Trinajstić information content (AvgIpc) is 3.20. The summed E-state index contributed by atoms with van der Waals surface area (Å²) in [5, 5.41) is 2.59. The number of aromatic nitrogens is 1. The molecule has 0 bridgehead atoms. The Morgan fingerprint density at radius 3 is 1.88 bits per heavy atom. The van der Waals surface area contributed by atoms with Crippen molar-refractivity contribution in [2.24, 2.45) is 0 Å². The second-order valence-corrected chi connectivity index (χ2v) is 8.23. The Labute approximate surface area is 188 Å². The first kappa shape index (κ1) is 18.7. The minimum absolute atomic E-state index is 1.19. The molecule has 6 aromatic rings. The second kappa shape index (κ2) is 7.55. The topological polar surface area (TPSA) is 4.93 Å². The molecular weight excluding hydrogens is 386 g/mol. The molecule has 0 saturated carbocycles. The van der Waals surface area contributed by atoms with E-state index in [1.807, 2.05) is 0 Å². The predicted molar refractivity (Wildman–Crippen MR) is 136 cm³/mol. The van der Waals surface area contributed by atoms with Crippen LogP contribution in [0, 0.1) is 6.92 Å². The number of benzene rings is 5. The van der Waals surface area contributed by atoms with Gasteiger partial charge in [-0.2, -0.15) is 0 Å². The molecule has 0 fully saturated rings. The molecule has 0 aliphatic rings. The Morgan fingerprint density at radius 1 is 0.469 bits per heavy atom. The van der Waals surface area contributed by atoms with E-state index in [1.54, 1.807) is 0 Å². The summed E-state index contributed by atoms with van der Waals surface area (Å²) in [5.41, 5.74) is 10.1. The van der Waals surface area contributed by atoms with Crippen LogP contribution < -0.4 is 0 Å². The average molecular weight is 410 g/mol. The quantitative estimate of drug-likeness (QED) is 0.276. The third kappa shape index (κ3) is 2.86. The fourth-order valence-corrected chi connectivity index (χ4v) is 4.96. The molecule has 1 heteroatoms. The number of rotatable bonds is 3. The van der Waals surface area contributed by atoms with Gasteiger partial charge in [0.05, 0.1) is 11.0 Å². The third-order valence-corrected chi connectivity index (χ3v) is 6.42. The van der Waals surface area contributed by atoms with Crippen molar-refractivity contribution in [3.63, 3.8) is 0 Å². The van der Waals surface area contributed by atoms with E-state index in [0.717, 1.165) is 0 Å². The second-order valence-electron chi connectivity index (χ2n) is 8.23. The Kier molecular flexibility index (Phi) is 4.40. The third-order valence-electron chi connectivity index (χ3n) is 6.42. The number of nitrogens with zero attached hydrogens (tertiary/aromatic N) is 1. The lowest BCUT2D eigenvalue weighted by Gasteiger charge is -2.14. The maximum atomic E-state index is 2.38. The van der Waals surface area contributed by atoms with Crippen LogP contribution in [0.1, 0.15) is 5.56 Å². The van der Waals surface area contributed by atoms with E-state index in [4.69, 9.17) is 0 Å². The molecule has 0 saturated heterocycles. The largest absolute Gasteiger partial charge is 0.309 e. The van der Waals surface area contributed by atoms with Gasteiger partial charge < -0.3 is 4.57 Å². The van der Waals surface area contributed by atoms with Gasteiger partial charge in [0.2, 0.25) is 0 Å². The van der Waals surface area contributed by atoms with Crippen LogP contribution in [0.3, 0.4) is 0 Å². The SMILES string of the molecule is Cc1c(-c2ccccc2)cccc1-c1cccc2c1c1ccccc1n2-c1ccccc1. The molecule has 0 spiro atoms. The first-order valence-corrected chi connectivity index (χ1v) is 11.1. The van der Waals surface area contributed by atoms with Gasteiger partial charge in [-0.3, -0.25) is 0 Å². The number of hydrogen-bond acceptors (Lipinski definition) is 0. The molecule has 32 heavy (non-hydrogen) atoms. The Morgan fingerprint density at radius 2 is 1.06 bits per heavy atom. The van der Waals surface area contributed by atoms with Gasteiger partial charge in [0.15, 0.2) is 0 Å². The van der Waals surface area contributed by atoms with E-state index < -0.39 is 0 Å². The van der Waals surface area contributed by atoms with Crippen molar-refractivity contribution in [3.05, 3.63) is 127 Å². The lowest BCUT2D eigenvalue weighted by molar-refractivity contribution is 1.18. The highest BCUT2D eigenvalue weighted by atomic mass is 15.0. The summed E-state index contributed by atoms with van der Waals surface area (Å²) in [7, 11) is 0. The molecule has 0 N–H and O–H groups in total. The molecule has 152 valence electrons. The van der Waals surface area contributed by atoms with E-state index in [0.29, 0.717) is 0 Å². The summed E-state index contributed by atoms with van der Waals surface area (Å²) in [6.07, 6.45) is 0. The van der Waals surface area contributed by atoms with Gasteiger partial charge in [0.1, 0.15) is 0 Å². The van der Waals surface area contributed by atoms with E-state index in [2.05, 4.69) is 133 Å². The van der Waals surface area contributed by atoms with Crippen molar-refractivity contribution in [3.8, 4) is 27.9 Å². The lowest BCUT2D eigenvalue weighted by Crippen LogP contribution is -1.93. The molecule has 1 nitrogen and oxygen atoms in total. The van der Waals surface area contributed by atoms with Crippen LogP contribution in [0.15, 0.2) is 121 Å². The van der Waals surface area contributed by atoms with Gasteiger partial charge in [0, 0.05) is 16.5 Å². The first-order chi connectivity index (χ1) is 15.8. The van der Waals surface area contributed by atoms with Crippen LogP contribution in [-0.4, -0.2) is 4.57 Å². The van der Waals surface area contributed by atoms with Crippen LogP contribution in [0.5, 0.6) is 0 Å². The van der Waals surface area contributed by atoms with Gasteiger partial charge in [-0.15, -0.1) is 0 Å². The highest BCUT2D eigenvalue weighted by Gasteiger charge is 2.17. The van der Waals surface area contributed by atoms with Crippen molar-refractivity contribution in [2.45, 2.75) is 6.92 Å². The fraction of sp³-hybridized carbons (Fsp3) is 0.0323. The van der Waals surface area contributed by atoms with E-state index in [1.165, 1.54) is 55.3 Å². The van der Waals surface area contributed by atoms with Crippen LogP contribution in [0.25, 0.3) is 49.7 Å². The van der Waals surface area contributed by atoms with E-state index >= 15 is 0 Å². The van der Waals surface area contributed by atoms with Crippen molar-refractivity contribution in [1.82, 2.24) is 4.57 Å². The number of hydrogen-bond donors (Lipinski definition) is 0. The molecule has 6 rings (SSSR count). The minimum atomic E-state index is 1.19. The molecule has 0 aliphatic heterocycles. The summed E-state index contributed by atoms with van der Waals surface area (Å²) < 4.78 is 2.38. The van der Waals surface area contributed by atoms with Gasteiger partial charge in [-0.05, 0) is 59.0 Å². The van der Waals surface area contributed by atoms with Crippen LogP contribution in [-0.2, 0) is 0 Å². The molecule has 0 amide bonds. The van der Waals surface area contributed by atoms with Crippen molar-refractivity contribution in [2.75, 3.05) is 0 Å². The van der Waals surface area contributed by atoms with Gasteiger partial charge in [-0.25, -0.2) is 0 Å². The van der Waals surface area contributed by atoms with Gasteiger partial charge in [0.25, 0.3) is 0 Å². The maximum Gasteiger partial charge on any atom is 0.0547 e. The maximum absolute atomic E-state index is 2.38. The van der Waals surface area contributed by atoms with Crippen LogP contribution in [0.4, 0.5) is 0 Å². The molecule has 0 unspecified atom stereocenters. The summed E-state index contributed by atoms with van der Waals surface area (Å²) in [6, 6.07) is 43.4. The van der Waals surface area contributed by atoms with Gasteiger partial charge in [-0.1, -0.05) is 97.1 Å². The molecule has 0 atom stereocenters. The number of para-hydroxylation sites is 2. The molecule has 1 aromatic heterocycles.